The number of benzene rings is 1. The van der Waals surface area contributed by atoms with Crippen LogP contribution >= 0.6 is 11.8 Å². The van der Waals surface area contributed by atoms with Gasteiger partial charge in [0.05, 0.1) is 6.61 Å². The summed E-state index contributed by atoms with van der Waals surface area (Å²) in [6.45, 7) is 7.54. The van der Waals surface area contributed by atoms with Crippen molar-refractivity contribution >= 4 is 11.8 Å². The Morgan fingerprint density at radius 2 is 2.14 bits per heavy atom. The molecule has 0 spiro atoms. The van der Waals surface area contributed by atoms with Gasteiger partial charge < -0.3 is 10.1 Å². The topological polar surface area (TPSA) is 21.3 Å². The van der Waals surface area contributed by atoms with E-state index in [1.807, 2.05) is 11.8 Å². The Hall–Kier alpha value is -0.510. The summed E-state index contributed by atoms with van der Waals surface area (Å²) in [6, 6.07) is 8.94. The molecule has 1 aromatic carbocycles. The molecular weight excluding hydrogens is 278 g/mol. The summed E-state index contributed by atoms with van der Waals surface area (Å²) in [5.41, 5.74) is 1.58. The van der Waals surface area contributed by atoms with E-state index in [0.717, 1.165) is 37.5 Å². The van der Waals surface area contributed by atoms with Crippen molar-refractivity contribution in [2.24, 2.45) is 11.8 Å². The number of ether oxygens (including phenoxy) is 1. The minimum atomic E-state index is 0.735. The Morgan fingerprint density at radius 1 is 1.33 bits per heavy atom. The number of fused-ring (bicyclic) bond motifs is 1. The lowest BCUT2D eigenvalue weighted by Crippen LogP contribution is -2.28. The van der Waals surface area contributed by atoms with Gasteiger partial charge in [0.25, 0.3) is 0 Å². The molecule has 0 fully saturated rings. The lowest BCUT2D eigenvalue weighted by molar-refractivity contribution is 0.196. The van der Waals surface area contributed by atoms with E-state index in [1.165, 1.54) is 23.5 Å². The third kappa shape index (κ3) is 5.32. The second-order valence-corrected chi connectivity index (χ2v) is 7.54. The summed E-state index contributed by atoms with van der Waals surface area (Å²) in [4.78, 5) is 1.50. The van der Waals surface area contributed by atoms with E-state index in [1.54, 1.807) is 12.7 Å². The van der Waals surface area contributed by atoms with Gasteiger partial charge in [0.2, 0.25) is 0 Å². The van der Waals surface area contributed by atoms with Crippen molar-refractivity contribution in [3.05, 3.63) is 29.8 Å². The van der Waals surface area contributed by atoms with Crippen LogP contribution in [0.5, 0.6) is 0 Å². The van der Waals surface area contributed by atoms with Gasteiger partial charge in [0.1, 0.15) is 0 Å². The van der Waals surface area contributed by atoms with E-state index in [9.17, 15) is 0 Å². The monoisotopic (exact) mass is 307 g/mol. The van der Waals surface area contributed by atoms with Crippen LogP contribution in [0.25, 0.3) is 0 Å². The maximum Gasteiger partial charge on any atom is 0.0587 e. The number of hydrogen-bond acceptors (Lipinski definition) is 3. The molecule has 2 rings (SSSR count). The maximum absolute atomic E-state index is 5.12. The van der Waals surface area contributed by atoms with Gasteiger partial charge in [-0.15, -0.1) is 11.8 Å². The number of methoxy groups -OCH3 is 1. The zero-order valence-corrected chi connectivity index (χ0v) is 14.4. The van der Waals surface area contributed by atoms with Gasteiger partial charge in [-0.25, -0.2) is 0 Å². The minimum Gasteiger partial charge on any atom is -0.383 e. The van der Waals surface area contributed by atoms with Crippen molar-refractivity contribution in [2.45, 2.75) is 37.5 Å². The zero-order valence-electron chi connectivity index (χ0n) is 13.6. The second kappa shape index (κ2) is 8.82. The van der Waals surface area contributed by atoms with Crippen LogP contribution in [0.4, 0.5) is 0 Å². The Labute approximate surface area is 134 Å². The third-order valence-electron chi connectivity index (χ3n) is 4.14. The molecule has 0 bridgehead atoms. The molecular formula is C18H29NOS. The molecule has 3 heteroatoms. The van der Waals surface area contributed by atoms with Crippen LogP contribution in [0, 0.1) is 11.8 Å². The van der Waals surface area contributed by atoms with E-state index in [0.29, 0.717) is 0 Å². The van der Waals surface area contributed by atoms with Crippen LogP contribution in [0.3, 0.4) is 0 Å². The van der Waals surface area contributed by atoms with Crippen molar-refractivity contribution in [1.82, 2.24) is 5.32 Å². The summed E-state index contributed by atoms with van der Waals surface area (Å²) >= 11 is 2.03. The first kappa shape index (κ1) is 16.9. The fraction of sp³-hybridized carbons (Fsp3) is 0.667. The van der Waals surface area contributed by atoms with Crippen LogP contribution < -0.4 is 5.32 Å². The predicted octanol–water partition coefficient (Wildman–Crippen LogP) is 4.16. The summed E-state index contributed by atoms with van der Waals surface area (Å²) in [5, 5.41) is 3.56. The molecule has 0 aliphatic carbocycles. The predicted molar refractivity (Wildman–Crippen MR) is 92.2 cm³/mol. The lowest BCUT2D eigenvalue weighted by atomic mass is 9.85. The molecule has 1 aliphatic rings. The van der Waals surface area contributed by atoms with Gasteiger partial charge in [-0.05, 0) is 48.8 Å². The number of thioether (sulfide) groups is 1. The Morgan fingerprint density at radius 3 is 2.90 bits per heavy atom. The lowest BCUT2D eigenvalue weighted by Gasteiger charge is -2.23. The first-order valence-corrected chi connectivity index (χ1v) is 9.10. The summed E-state index contributed by atoms with van der Waals surface area (Å²) in [7, 11) is 1.76. The van der Waals surface area contributed by atoms with Gasteiger partial charge >= 0.3 is 0 Å². The molecule has 1 heterocycles. The van der Waals surface area contributed by atoms with E-state index in [4.69, 9.17) is 4.74 Å². The molecule has 1 N–H and O–H groups in total. The van der Waals surface area contributed by atoms with Crippen molar-refractivity contribution in [1.29, 1.82) is 0 Å². The highest BCUT2D eigenvalue weighted by Gasteiger charge is 2.25. The molecule has 118 valence electrons. The molecule has 0 radical (unpaired) electrons. The summed E-state index contributed by atoms with van der Waals surface area (Å²) < 4.78 is 5.12. The van der Waals surface area contributed by atoms with Crippen LogP contribution in [-0.4, -0.2) is 32.6 Å². The van der Waals surface area contributed by atoms with E-state index < -0.39 is 0 Å². The standard InChI is InChI=1S/C18H29NOS/c1-14(2)10-15(12-19-8-9-20-3)11-16-13-21-18-7-5-4-6-17(16)18/h4-7,14-16,19H,8-13H2,1-3H3. The molecule has 1 aromatic rings. The Balaban J connectivity index is 1.89. The molecule has 0 aromatic heterocycles. The van der Waals surface area contributed by atoms with Crippen LogP contribution in [0.1, 0.15) is 38.2 Å². The summed E-state index contributed by atoms with van der Waals surface area (Å²) in [6.07, 6.45) is 2.62. The van der Waals surface area contributed by atoms with E-state index >= 15 is 0 Å². The average Bonchev–Trinajstić information content (AvgIpc) is 2.86. The fourth-order valence-corrected chi connectivity index (χ4v) is 4.51. The van der Waals surface area contributed by atoms with Crippen molar-refractivity contribution < 1.29 is 4.74 Å². The minimum absolute atomic E-state index is 0.735. The van der Waals surface area contributed by atoms with E-state index in [-0.39, 0.29) is 0 Å². The van der Waals surface area contributed by atoms with Crippen molar-refractivity contribution in [2.75, 3.05) is 32.6 Å². The molecule has 21 heavy (non-hydrogen) atoms. The van der Waals surface area contributed by atoms with Crippen molar-refractivity contribution in [3.63, 3.8) is 0 Å². The fourth-order valence-electron chi connectivity index (χ4n) is 3.24. The van der Waals surface area contributed by atoms with Gasteiger partial charge in [-0.3, -0.25) is 0 Å². The number of hydrogen-bond donors (Lipinski definition) is 1. The Kier molecular flexibility index (Phi) is 7.08. The highest BCUT2D eigenvalue weighted by atomic mass is 32.2. The Bertz CT molecular complexity index is 421. The van der Waals surface area contributed by atoms with Gasteiger partial charge in [0.15, 0.2) is 0 Å². The van der Waals surface area contributed by atoms with E-state index in [2.05, 4.69) is 43.4 Å². The van der Waals surface area contributed by atoms with Crippen LogP contribution in [-0.2, 0) is 4.74 Å². The number of nitrogens with one attached hydrogen (secondary N) is 1. The molecule has 2 atom stereocenters. The SMILES string of the molecule is COCCNCC(CC(C)C)CC1CSc2ccccc21. The van der Waals surface area contributed by atoms with Crippen LogP contribution in [0.2, 0.25) is 0 Å². The second-order valence-electron chi connectivity index (χ2n) is 6.47. The quantitative estimate of drug-likeness (QED) is 0.692. The number of rotatable bonds is 9. The highest BCUT2D eigenvalue weighted by molar-refractivity contribution is 7.99. The molecule has 1 aliphatic heterocycles. The third-order valence-corrected chi connectivity index (χ3v) is 5.39. The average molecular weight is 308 g/mol. The van der Waals surface area contributed by atoms with Gasteiger partial charge in [0, 0.05) is 24.3 Å². The van der Waals surface area contributed by atoms with Crippen molar-refractivity contribution in [3.8, 4) is 0 Å². The zero-order chi connectivity index (χ0) is 15.1. The largest absolute Gasteiger partial charge is 0.383 e. The normalized spacial score (nSPS) is 19.0. The molecule has 0 amide bonds. The smallest absolute Gasteiger partial charge is 0.0587 e. The van der Waals surface area contributed by atoms with Gasteiger partial charge in [-0.1, -0.05) is 32.0 Å². The summed E-state index contributed by atoms with van der Waals surface area (Å²) in [5.74, 6) is 3.52. The molecule has 0 saturated carbocycles. The molecule has 2 unspecified atom stereocenters. The van der Waals surface area contributed by atoms with Gasteiger partial charge in [-0.2, -0.15) is 0 Å². The molecule has 0 saturated heterocycles. The maximum atomic E-state index is 5.12. The highest BCUT2D eigenvalue weighted by Crippen LogP contribution is 2.42. The van der Waals surface area contributed by atoms with Crippen LogP contribution in [0.15, 0.2) is 29.2 Å². The first-order valence-electron chi connectivity index (χ1n) is 8.12. The molecule has 2 nitrogen and oxygen atoms in total. The first-order chi connectivity index (χ1) is 10.2.